The molecular formula is C16H21ClN2. The number of rotatable bonds is 4. The molecule has 0 saturated heterocycles. The Hall–Kier alpha value is -1.20. The summed E-state index contributed by atoms with van der Waals surface area (Å²) in [5.41, 5.74) is 1.56. The van der Waals surface area contributed by atoms with Gasteiger partial charge in [-0.15, -0.1) is 0 Å². The predicted octanol–water partition coefficient (Wildman–Crippen LogP) is 4.98. The van der Waals surface area contributed by atoms with Gasteiger partial charge in [-0.2, -0.15) is 5.26 Å². The zero-order valence-corrected chi connectivity index (χ0v) is 12.2. The van der Waals surface area contributed by atoms with Gasteiger partial charge in [0.1, 0.15) is 6.07 Å². The number of benzene rings is 1. The van der Waals surface area contributed by atoms with Gasteiger partial charge in [-0.3, -0.25) is 0 Å². The Labute approximate surface area is 120 Å². The van der Waals surface area contributed by atoms with Crippen molar-refractivity contribution in [2.24, 2.45) is 5.92 Å². The van der Waals surface area contributed by atoms with Crippen LogP contribution in [0.3, 0.4) is 0 Å². The molecule has 102 valence electrons. The van der Waals surface area contributed by atoms with Crippen LogP contribution >= 0.6 is 11.6 Å². The summed E-state index contributed by atoms with van der Waals surface area (Å²) in [4.78, 5) is 0. The highest BCUT2D eigenvalue weighted by atomic mass is 35.5. The van der Waals surface area contributed by atoms with E-state index in [-0.39, 0.29) is 0 Å². The zero-order valence-electron chi connectivity index (χ0n) is 11.5. The van der Waals surface area contributed by atoms with Crippen LogP contribution in [0.4, 0.5) is 5.69 Å². The van der Waals surface area contributed by atoms with E-state index in [1.807, 2.05) is 12.1 Å². The van der Waals surface area contributed by atoms with Crippen molar-refractivity contribution < 1.29 is 0 Å². The van der Waals surface area contributed by atoms with Crippen molar-refractivity contribution in [2.75, 3.05) is 5.32 Å². The van der Waals surface area contributed by atoms with Crippen molar-refractivity contribution in [2.45, 2.75) is 51.5 Å². The van der Waals surface area contributed by atoms with E-state index in [2.05, 4.69) is 18.3 Å². The standard InChI is InChI=1S/C16H21ClN2/c1-2-15(12-6-4-3-5-7-12)19-16-9-8-14(17)10-13(16)11-18/h8-10,12,15,19H,2-7H2,1H3. The lowest BCUT2D eigenvalue weighted by molar-refractivity contribution is 0.313. The number of halogens is 1. The van der Waals surface area contributed by atoms with E-state index in [9.17, 15) is 5.26 Å². The second-order valence-corrected chi connectivity index (χ2v) is 5.80. The highest BCUT2D eigenvalue weighted by Gasteiger charge is 2.22. The second kappa shape index (κ2) is 6.82. The van der Waals surface area contributed by atoms with Gasteiger partial charge in [-0.25, -0.2) is 0 Å². The summed E-state index contributed by atoms with van der Waals surface area (Å²) in [6, 6.07) is 8.19. The molecule has 1 fully saturated rings. The third-order valence-corrected chi connectivity index (χ3v) is 4.34. The van der Waals surface area contributed by atoms with Crippen LogP contribution < -0.4 is 5.32 Å². The van der Waals surface area contributed by atoms with Gasteiger partial charge >= 0.3 is 0 Å². The first-order valence-electron chi connectivity index (χ1n) is 7.20. The first-order chi connectivity index (χ1) is 9.24. The Kier molecular flexibility index (Phi) is 5.10. The number of hydrogen-bond acceptors (Lipinski definition) is 2. The predicted molar refractivity (Wildman–Crippen MR) is 80.4 cm³/mol. The molecule has 1 aromatic rings. The molecule has 1 atom stereocenters. The van der Waals surface area contributed by atoms with Crippen LogP contribution in [0.1, 0.15) is 51.0 Å². The molecular weight excluding hydrogens is 256 g/mol. The number of nitriles is 1. The molecule has 2 nitrogen and oxygen atoms in total. The fraction of sp³-hybridized carbons (Fsp3) is 0.562. The molecule has 1 N–H and O–H groups in total. The Morgan fingerprint density at radius 2 is 2.11 bits per heavy atom. The maximum Gasteiger partial charge on any atom is 0.101 e. The zero-order chi connectivity index (χ0) is 13.7. The lowest BCUT2D eigenvalue weighted by Crippen LogP contribution is -2.30. The molecule has 0 radical (unpaired) electrons. The van der Waals surface area contributed by atoms with E-state index in [1.54, 1.807) is 6.07 Å². The molecule has 0 heterocycles. The molecule has 0 amide bonds. The maximum absolute atomic E-state index is 9.19. The summed E-state index contributed by atoms with van der Waals surface area (Å²) >= 11 is 5.94. The summed E-state index contributed by atoms with van der Waals surface area (Å²) in [5, 5.41) is 13.4. The van der Waals surface area contributed by atoms with Crippen molar-refractivity contribution >= 4 is 17.3 Å². The van der Waals surface area contributed by atoms with Crippen LogP contribution in [0.25, 0.3) is 0 Å². The lowest BCUT2D eigenvalue weighted by Gasteiger charge is -2.31. The quantitative estimate of drug-likeness (QED) is 0.841. The monoisotopic (exact) mass is 276 g/mol. The summed E-state index contributed by atoms with van der Waals surface area (Å²) in [6.45, 7) is 2.22. The SMILES string of the molecule is CCC(Nc1ccc(Cl)cc1C#N)C1CCCCC1. The van der Waals surface area contributed by atoms with Crippen LogP contribution in [-0.2, 0) is 0 Å². The number of nitrogens with one attached hydrogen (secondary N) is 1. The summed E-state index contributed by atoms with van der Waals surface area (Å²) in [7, 11) is 0. The molecule has 0 bridgehead atoms. The van der Waals surface area contributed by atoms with Crippen LogP contribution in [0.5, 0.6) is 0 Å². The minimum Gasteiger partial charge on any atom is -0.381 e. The fourth-order valence-electron chi connectivity index (χ4n) is 3.02. The number of hydrogen-bond donors (Lipinski definition) is 1. The normalized spacial score (nSPS) is 17.7. The van der Waals surface area contributed by atoms with E-state index in [0.29, 0.717) is 16.6 Å². The van der Waals surface area contributed by atoms with Gasteiger partial charge in [-0.05, 0) is 43.4 Å². The van der Waals surface area contributed by atoms with Gasteiger partial charge in [0.15, 0.2) is 0 Å². The first kappa shape index (κ1) is 14.2. The molecule has 1 aromatic carbocycles. The van der Waals surface area contributed by atoms with E-state index >= 15 is 0 Å². The van der Waals surface area contributed by atoms with Crippen LogP contribution in [0, 0.1) is 17.2 Å². The minimum absolute atomic E-state index is 0.466. The summed E-state index contributed by atoms with van der Waals surface area (Å²) in [5.74, 6) is 0.737. The third-order valence-electron chi connectivity index (χ3n) is 4.10. The largest absolute Gasteiger partial charge is 0.381 e. The van der Waals surface area contributed by atoms with Gasteiger partial charge < -0.3 is 5.32 Å². The molecule has 3 heteroatoms. The fourth-order valence-corrected chi connectivity index (χ4v) is 3.20. The average Bonchev–Trinajstić information content (AvgIpc) is 2.46. The molecule has 0 aromatic heterocycles. The van der Waals surface area contributed by atoms with Crippen molar-refractivity contribution in [3.8, 4) is 6.07 Å². The lowest BCUT2D eigenvalue weighted by atomic mass is 9.83. The third kappa shape index (κ3) is 3.64. The van der Waals surface area contributed by atoms with Gasteiger partial charge in [0.2, 0.25) is 0 Å². The Balaban J connectivity index is 2.11. The van der Waals surface area contributed by atoms with Crippen LogP contribution in [0.15, 0.2) is 18.2 Å². The Bertz CT molecular complexity index is 458. The van der Waals surface area contributed by atoms with E-state index in [0.717, 1.165) is 18.0 Å². The smallest absolute Gasteiger partial charge is 0.101 e. The summed E-state index contributed by atoms with van der Waals surface area (Å²) < 4.78 is 0. The number of anilines is 1. The molecule has 2 rings (SSSR count). The topological polar surface area (TPSA) is 35.8 Å². The highest BCUT2D eigenvalue weighted by Crippen LogP contribution is 2.30. The van der Waals surface area contributed by atoms with E-state index < -0.39 is 0 Å². The van der Waals surface area contributed by atoms with Crippen molar-refractivity contribution in [3.05, 3.63) is 28.8 Å². The molecule has 1 saturated carbocycles. The van der Waals surface area contributed by atoms with E-state index in [1.165, 1.54) is 32.1 Å². The Morgan fingerprint density at radius 1 is 1.37 bits per heavy atom. The molecule has 1 aliphatic carbocycles. The van der Waals surface area contributed by atoms with Gasteiger partial charge in [-0.1, -0.05) is 37.8 Å². The molecule has 1 aliphatic rings. The van der Waals surface area contributed by atoms with Crippen molar-refractivity contribution in [3.63, 3.8) is 0 Å². The Morgan fingerprint density at radius 3 is 2.74 bits per heavy atom. The molecule has 1 unspecified atom stereocenters. The van der Waals surface area contributed by atoms with Crippen LogP contribution in [0.2, 0.25) is 5.02 Å². The first-order valence-corrected chi connectivity index (χ1v) is 7.58. The van der Waals surface area contributed by atoms with Gasteiger partial charge in [0.05, 0.1) is 11.3 Å². The molecule has 0 spiro atoms. The van der Waals surface area contributed by atoms with Gasteiger partial charge in [0, 0.05) is 11.1 Å². The van der Waals surface area contributed by atoms with Crippen molar-refractivity contribution in [1.82, 2.24) is 0 Å². The highest BCUT2D eigenvalue weighted by molar-refractivity contribution is 6.30. The maximum atomic E-state index is 9.19. The summed E-state index contributed by atoms with van der Waals surface area (Å²) in [6.07, 6.45) is 7.76. The molecule has 19 heavy (non-hydrogen) atoms. The average molecular weight is 277 g/mol. The second-order valence-electron chi connectivity index (χ2n) is 5.36. The number of nitrogens with zero attached hydrogens (tertiary/aromatic N) is 1. The molecule has 0 aliphatic heterocycles. The van der Waals surface area contributed by atoms with E-state index in [4.69, 9.17) is 11.6 Å². The van der Waals surface area contributed by atoms with Crippen LogP contribution in [-0.4, -0.2) is 6.04 Å². The minimum atomic E-state index is 0.466. The van der Waals surface area contributed by atoms with Crippen molar-refractivity contribution in [1.29, 1.82) is 5.26 Å². The van der Waals surface area contributed by atoms with Gasteiger partial charge in [0.25, 0.3) is 0 Å².